The fraction of sp³-hybridized carbons (Fsp3) is 0.500. The molecule has 1 aromatic carbocycles. The summed E-state index contributed by atoms with van der Waals surface area (Å²) in [6.07, 6.45) is 3.44. The van der Waals surface area contributed by atoms with Gasteiger partial charge < -0.3 is 20.3 Å². The van der Waals surface area contributed by atoms with Gasteiger partial charge in [0.25, 0.3) is 0 Å². The van der Waals surface area contributed by atoms with Gasteiger partial charge in [-0.1, -0.05) is 11.6 Å². The van der Waals surface area contributed by atoms with E-state index in [0.717, 1.165) is 19.3 Å². The molecular weight excluding hydrogens is 282 g/mol. The molecule has 2 rings (SSSR count). The monoisotopic (exact) mass is 299 g/mol. The van der Waals surface area contributed by atoms with Gasteiger partial charge in [-0.05, 0) is 25.3 Å². The van der Waals surface area contributed by atoms with Crippen LogP contribution in [0, 0.1) is 0 Å². The largest absolute Gasteiger partial charge is 0.493 e. The van der Waals surface area contributed by atoms with E-state index in [1.54, 1.807) is 12.1 Å². The average molecular weight is 300 g/mol. The van der Waals surface area contributed by atoms with Crippen molar-refractivity contribution in [2.75, 3.05) is 7.11 Å². The van der Waals surface area contributed by atoms with E-state index in [2.05, 4.69) is 0 Å². The summed E-state index contributed by atoms with van der Waals surface area (Å²) in [7, 11) is 1.53. The van der Waals surface area contributed by atoms with Gasteiger partial charge in [0.05, 0.1) is 13.2 Å². The van der Waals surface area contributed by atoms with Gasteiger partial charge in [-0.25, -0.2) is 0 Å². The van der Waals surface area contributed by atoms with E-state index >= 15 is 0 Å². The first-order valence-electron chi connectivity index (χ1n) is 6.52. The van der Waals surface area contributed by atoms with Crippen LogP contribution in [0.3, 0.4) is 0 Å². The Morgan fingerprint density at radius 2 is 2.25 bits per heavy atom. The van der Waals surface area contributed by atoms with Crippen LogP contribution in [0.2, 0.25) is 5.02 Å². The maximum atomic E-state index is 10.9. The lowest BCUT2D eigenvalue weighted by atomic mass is 9.96. The highest BCUT2D eigenvalue weighted by molar-refractivity contribution is 6.30. The highest BCUT2D eigenvalue weighted by Crippen LogP contribution is 2.38. The second-order valence-electron chi connectivity index (χ2n) is 4.92. The van der Waals surface area contributed by atoms with Gasteiger partial charge in [-0.3, -0.25) is 4.79 Å². The fourth-order valence-corrected chi connectivity index (χ4v) is 2.27. The normalized spacial score (nSPS) is 16.4. The molecule has 5 nitrogen and oxygen atoms in total. The Kier molecular flexibility index (Phi) is 4.73. The number of benzene rings is 1. The number of ether oxygens (including phenoxy) is 2. The molecule has 1 aromatic rings. The van der Waals surface area contributed by atoms with Crippen molar-refractivity contribution in [3.63, 3.8) is 0 Å². The number of hydrogen-bond acceptors (Lipinski definition) is 4. The minimum absolute atomic E-state index is 0.147. The molecule has 0 aromatic heterocycles. The van der Waals surface area contributed by atoms with Gasteiger partial charge in [0.2, 0.25) is 0 Å². The molecule has 1 saturated carbocycles. The van der Waals surface area contributed by atoms with E-state index in [9.17, 15) is 4.79 Å². The molecule has 110 valence electrons. The van der Waals surface area contributed by atoms with Crippen molar-refractivity contribution in [3.8, 4) is 11.5 Å². The van der Waals surface area contributed by atoms with Crippen molar-refractivity contribution >= 4 is 17.6 Å². The van der Waals surface area contributed by atoms with Crippen molar-refractivity contribution in [3.05, 3.63) is 22.7 Å². The predicted molar refractivity (Wildman–Crippen MR) is 75.6 cm³/mol. The average Bonchev–Trinajstić information content (AvgIpc) is 2.34. The third-order valence-electron chi connectivity index (χ3n) is 3.41. The number of carboxylic acid groups (broad SMARTS) is 1. The van der Waals surface area contributed by atoms with Gasteiger partial charge >= 0.3 is 5.97 Å². The molecule has 0 spiro atoms. The summed E-state index contributed by atoms with van der Waals surface area (Å²) in [6.45, 7) is 0. The summed E-state index contributed by atoms with van der Waals surface area (Å²) in [5.74, 6) is 0.00817. The number of carboxylic acids is 1. The van der Waals surface area contributed by atoms with E-state index in [0.29, 0.717) is 22.1 Å². The van der Waals surface area contributed by atoms with Crippen molar-refractivity contribution in [2.24, 2.45) is 5.73 Å². The zero-order valence-corrected chi connectivity index (χ0v) is 12.0. The first-order valence-corrected chi connectivity index (χ1v) is 6.90. The Balaban J connectivity index is 2.30. The van der Waals surface area contributed by atoms with Gasteiger partial charge in [0, 0.05) is 23.1 Å². The lowest BCUT2D eigenvalue weighted by Gasteiger charge is -2.28. The van der Waals surface area contributed by atoms with Crippen LogP contribution in [0.4, 0.5) is 0 Å². The number of carbonyl (C=O) groups is 1. The molecule has 3 N–H and O–H groups in total. The Bertz CT molecular complexity index is 502. The topological polar surface area (TPSA) is 81.8 Å². The van der Waals surface area contributed by atoms with Crippen LogP contribution in [0.5, 0.6) is 11.5 Å². The Hall–Kier alpha value is -1.46. The zero-order valence-electron chi connectivity index (χ0n) is 11.3. The predicted octanol–water partition coefficient (Wildman–Crippen LogP) is 2.23. The highest BCUT2D eigenvalue weighted by atomic mass is 35.5. The fourth-order valence-electron chi connectivity index (χ4n) is 2.04. The quantitative estimate of drug-likeness (QED) is 0.842. The summed E-state index contributed by atoms with van der Waals surface area (Å²) >= 11 is 6.02. The summed E-state index contributed by atoms with van der Waals surface area (Å²) in [5.41, 5.74) is 6.26. The van der Waals surface area contributed by atoms with Crippen LogP contribution in [0.25, 0.3) is 0 Å². The molecule has 0 bridgehead atoms. The summed E-state index contributed by atoms with van der Waals surface area (Å²) in [4.78, 5) is 10.9. The first-order chi connectivity index (χ1) is 9.51. The maximum Gasteiger partial charge on any atom is 0.320 e. The molecule has 0 aliphatic heterocycles. The minimum Gasteiger partial charge on any atom is -0.493 e. The van der Waals surface area contributed by atoms with Gasteiger partial charge in [-0.2, -0.15) is 0 Å². The second kappa shape index (κ2) is 6.33. The molecule has 20 heavy (non-hydrogen) atoms. The Morgan fingerprint density at radius 1 is 1.55 bits per heavy atom. The lowest BCUT2D eigenvalue weighted by molar-refractivity contribution is -0.138. The van der Waals surface area contributed by atoms with Crippen LogP contribution in [0.15, 0.2) is 12.1 Å². The molecule has 0 heterocycles. The molecule has 1 fully saturated rings. The van der Waals surface area contributed by atoms with Gasteiger partial charge in [-0.15, -0.1) is 0 Å². The van der Waals surface area contributed by atoms with Crippen LogP contribution in [0.1, 0.15) is 24.8 Å². The zero-order chi connectivity index (χ0) is 14.7. The maximum absolute atomic E-state index is 10.9. The molecule has 1 atom stereocenters. The van der Waals surface area contributed by atoms with Crippen molar-refractivity contribution in [2.45, 2.75) is 37.8 Å². The third kappa shape index (κ3) is 3.35. The molecule has 1 unspecified atom stereocenters. The molecule has 0 saturated heterocycles. The number of halogens is 1. The van der Waals surface area contributed by atoms with E-state index in [4.69, 9.17) is 31.9 Å². The number of methoxy groups -OCH3 is 1. The van der Waals surface area contributed by atoms with Gasteiger partial charge in [0.15, 0.2) is 11.5 Å². The molecule has 0 radical (unpaired) electrons. The second-order valence-corrected chi connectivity index (χ2v) is 5.35. The van der Waals surface area contributed by atoms with E-state index in [1.165, 1.54) is 7.11 Å². The van der Waals surface area contributed by atoms with E-state index in [-0.39, 0.29) is 12.5 Å². The molecule has 6 heteroatoms. The van der Waals surface area contributed by atoms with Crippen LogP contribution >= 0.6 is 11.6 Å². The molecule has 1 aliphatic carbocycles. The smallest absolute Gasteiger partial charge is 0.320 e. The summed E-state index contributed by atoms with van der Waals surface area (Å²) in [6, 6.07) is 2.34. The van der Waals surface area contributed by atoms with E-state index in [1.807, 2.05) is 0 Å². The number of hydrogen-bond donors (Lipinski definition) is 2. The van der Waals surface area contributed by atoms with Crippen molar-refractivity contribution < 1.29 is 19.4 Å². The Labute approximate surface area is 122 Å². The van der Waals surface area contributed by atoms with Crippen molar-refractivity contribution in [1.82, 2.24) is 0 Å². The number of aliphatic carboxylic acids is 1. The van der Waals surface area contributed by atoms with Crippen LogP contribution in [-0.4, -0.2) is 30.3 Å². The van der Waals surface area contributed by atoms with E-state index < -0.39 is 12.0 Å². The lowest BCUT2D eigenvalue weighted by Crippen LogP contribution is -2.33. The molecular formula is C14H18ClNO4. The van der Waals surface area contributed by atoms with Gasteiger partial charge in [0.1, 0.15) is 6.04 Å². The minimum atomic E-state index is -1.06. The van der Waals surface area contributed by atoms with Crippen molar-refractivity contribution in [1.29, 1.82) is 0 Å². The van der Waals surface area contributed by atoms with Crippen LogP contribution in [-0.2, 0) is 11.2 Å². The molecule has 0 amide bonds. The standard InChI is InChI=1S/C14H18ClNO4/c1-19-12-7-9(15)5-8(6-11(16)14(17)18)13(12)20-10-3-2-4-10/h5,7,10-11H,2-4,6,16H2,1H3,(H,17,18). The number of nitrogens with two attached hydrogens (primary N) is 1. The summed E-state index contributed by atoms with van der Waals surface area (Å²) < 4.78 is 11.2. The molecule has 1 aliphatic rings. The SMILES string of the molecule is COc1cc(Cl)cc(CC(N)C(=O)O)c1OC1CCC1. The van der Waals surface area contributed by atoms with Crippen LogP contribution < -0.4 is 15.2 Å². The first kappa shape index (κ1) is 14.9. The number of rotatable bonds is 6. The third-order valence-corrected chi connectivity index (χ3v) is 3.63. The Morgan fingerprint density at radius 3 is 2.75 bits per heavy atom. The summed E-state index contributed by atoms with van der Waals surface area (Å²) in [5, 5.41) is 9.41. The highest BCUT2D eigenvalue weighted by Gasteiger charge is 2.24.